The lowest BCUT2D eigenvalue weighted by atomic mass is 9.47. The first-order valence-corrected chi connectivity index (χ1v) is 15.0. The summed E-state index contributed by atoms with van der Waals surface area (Å²) in [4.78, 5) is 38.2. The Morgan fingerprint density at radius 2 is 1.88 bits per heavy atom. The highest BCUT2D eigenvalue weighted by atomic mass is 16.7. The van der Waals surface area contributed by atoms with Gasteiger partial charge in [-0.05, 0) is 61.0 Å². The molecule has 0 bridgehead atoms. The van der Waals surface area contributed by atoms with E-state index in [9.17, 15) is 24.8 Å². The predicted molar refractivity (Wildman–Crippen MR) is 151 cm³/mol. The van der Waals surface area contributed by atoms with Crippen LogP contribution in [-0.2, 0) is 19.0 Å². The van der Waals surface area contributed by atoms with Gasteiger partial charge in [-0.3, -0.25) is 14.9 Å². The zero-order valence-corrected chi connectivity index (χ0v) is 24.7. The summed E-state index contributed by atoms with van der Waals surface area (Å²) < 4.78 is 19.0. The van der Waals surface area contributed by atoms with E-state index in [0.29, 0.717) is 30.6 Å². The zero-order chi connectivity index (χ0) is 29.7. The number of allylic oxidation sites excluding steroid dienone is 1. The summed E-state index contributed by atoms with van der Waals surface area (Å²) in [6.07, 6.45) is 6.47. The minimum atomic E-state index is -1.22. The standard InChI is InChI=1S/C32H43NO8/c1-18(2)23-12-6-19(3)16-24(23)39-29-27-21(17-34)9-13-25-31(4,5)15-14-26(32(25,27)30(36)41-29)40-28(35)20-7-10-22(11-8-20)33(37)38/h7-11,13,18-19,21,23-27,29,34H,6,12,14-17H2,1-5H3/t19-,21+,23+,24-,25-,26-,27+,29-,32-/m0/s1. The van der Waals surface area contributed by atoms with Crippen molar-refractivity contribution in [3.05, 3.63) is 52.1 Å². The molecule has 5 rings (SSSR count). The SMILES string of the molecule is CC(C)[C@H]1CC[C@H](C)C[C@@H]1O[C@H]1OC(=O)[C@@]23[C@@H]1[C@@H](CO)C=C[C@H]2C(C)(C)CC[C@@H]3OC(=O)c1ccc([N+](=O)[O-])cc1. The number of esters is 2. The van der Waals surface area contributed by atoms with E-state index in [-0.39, 0.29) is 35.3 Å². The van der Waals surface area contributed by atoms with Crippen molar-refractivity contribution in [2.75, 3.05) is 6.61 Å². The van der Waals surface area contributed by atoms with Crippen LogP contribution in [0.15, 0.2) is 36.4 Å². The number of benzene rings is 1. The molecule has 1 aromatic carbocycles. The molecule has 1 heterocycles. The van der Waals surface area contributed by atoms with Crippen molar-refractivity contribution >= 4 is 17.6 Å². The highest BCUT2D eigenvalue weighted by Gasteiger charge is 2.72. The number of nitro benzene ring substituents is 1. The van der Waals surface area contributed by atoms with E-state index in [1.54, 1.807) is 0 Å². The summed E-state index contributed by atoms with van der Waals surface area (Å²) in [5.41, 5.74) is -1.47. The summed E-state index contributed by atoms with van der Waals surface area (Å²) in [6.45, 7) is 10.7. The summed E-state index contributed by atoms with van der Waals surface area (Å²) in [6, 6.07) is 5.26. The van der Waals surface area contributed by atoms with Crippen molar-refractivity contribution in [3.63, 3.8) is 0 Å². The largest absolute Gasteiger partial charge is 0.458 e. The number of cyclic esters (lactones) is 1. The highest BCUT2D eigenvalue weighted by molar-refractivity contribution is 5.90. The topological polar surface area (TPSA) is 125 Å². The molecule has 9 atom stereocenters. The number of non-ortho nitro benzene ring substituents is 1. The molecule has 41 heavy (non-hydrogen) atoms. The minimum absolute atomic E-state index is 0.0758. The molecule has 224 valence electrons. The van der Waals surface area contributed by atoms with Gasteiger partial charge in [-0.1, -0.05) is 53.2 Å². The van der Waals surface area contributed by atoms with Gasteiger partial charge in [0.2, 0.25) is 6.29 Å². The second kappa shape index (κ2) is 11.1. The molecular formula is C32H43NO8. The second-order valence-electron chi connectivity index (χ2n) is 13.7. The Bertz CT molecular complexity index is 1190. The van der Waals surface area contributed by atoms with Crippen LogP contribution < -0.4 is 0 Å². The van der Waals surface area contributed by atoms with Gasteiger partial charge in [0.05, 0.1) is 22.5 Å². The summed E-state index contributed by atoms with van der Waals surface area (Å²) in [7, 11) is 0. The first-order chi connectivity index (χ1) is 19.4. The van der Waals surface area contributed by atoms with Crippen LogP contribution in [0, 0.1) is 56.5 Å². The molecule has 1 N–H and O–H groups in total. The lowest BCUT2D eigenvalue weighted by molar-refractivity contribution is -0.384. The van der Waals surface area contributed by atoms with Crippen molar-refractivity contribution in [1.82, 2.24) is 0 Å². The Morgan fingerprint density at radius 3 is 2.51 bits per heavy atom. The fraction of sp³-hybridized carbons (Fsp3) is 0.688. The maximum atomic E-state index is 14.2. The number of nitrogens with zero attached hydrogens (tertiary/aromatic N) is 1. The Morgan fingerprint density at radius 1 is 1.17 bits per heavy atom. The van der Waals surface area contributed by atoms with Crippen LogP contribution in [0.3, 0.4) is 0 Å². The Kier molecular flexibility index (Phi) is 8.07. The van der Waals surface area contributed by atoms with Crippen LogP contribution in [0.4, 0.5) is 5.69 Å². The summed E-state index contributed by atoms with van der Waals surface area (Å²) >= 11 is 0. The average molecular weight is 570 g/mol. The van der Waals surface area contributed by atoms with Crippen molar-refractivity contribution in [1.29, 1.82) is 0 Å². The normalized spacial score (nSPS) is 37.7. The number of rotatable bonds is 7. The van der Waals surface area contributed by atoms with Gasteiger partial charge < -0.3 is 19.3 Å². The number of carbonyl (C=O) groups is 2. The van der Waals surface area contributed by atoms with E-state index >= 15 is 0 Å². The first kappa shape index (κ1) is 29.7. The quantitative estimate of drug-likeness (QED) is 0.192. The monoisotopic (exact) mass is 569 g/mol. The molecule has 0 amide bonds. The Hall–Kier alpha value is -2.78. The van der Waals surface area contributed by atoms with E-state index in [4.69, 9.17) is 14.2 Å². The molecule has 9 heteroatoms. The van der Waals surface area contributed by atoms with Crippen molar-refractivity contribution < 1.29 is 33.8 Å². The number of carbonyl (C=O) groups excluding carboxylic acids is 2. The molecule has 9 nitrogen and oxygen atoms in total. The van der Waals surface area contributed by atoms with E-state index in [1.807, 2.05) is 12.2 Å². The number of aliphatic hydroxyl groups excluding tert-OH is 1. The third-order valence-corrected chi connectivity index (χ3v) is 10.4. The van der Waals surface area contributed by atoms with Gasteiger partial charge in [-0.15, -0.1) is 0 Å². The Balaban J connectivity index is 1.51. The molecule has 1 aliphatic heterocycles. The molecule has 1 aromatic rings. The van der Waals surface area contributed by atoms with Crippen LogP contribution in [0.5, 0.6) is 0 Å². The third kappa shape index (κ3) is 5.09. The predicted octanol–water partition coefficient (Wildman–Crippen LogP) is 5.70. The molecule has 0 unspecified atom stereocenters. The number of nitro groups is 1. The molecule has 1 spiro atoms. The van der Waals surface area contributed by atoms with Gasteiger partial charge in [0.1, 0.15) is 11.5 Å². The smallest absolute Gasteiger partial charge is 0.338 e. The second-order valence-corrected chi connectivity index (χ2v) is 13.7. The van der Waals surface area contributed by atoms with E-state index in [0.717, 1.165) is 19.3 Å². The average Bonchev–Trinajstić information content (AvgIpc) is 3.21. The maximum absolute atomic E-state index is 14.2. The number of aliphatic hydroxyl groups is 1. The van der Waals surface area contributed by atoms with Crippen LogP contribution in [0.2, 0.25) is 0 Å². The van der Waals surface area contributed by atoms with E-state index < -0.39 is 46.5 Å². The van der Waals surface area contributed by atoms with Gasteiger partial charge in [0.15, 0.2) is 0 Å². The number of hydrogen-bond acceptors (Lipinski definition) is 8. The lowest BCUT2D eigenvalue weighted by Crippen LogP contribution is -2.62. The fourth-order valence-electron chi connectivity index (χ4n) is 8.22. The molecule has 2 saturated carbocycles. The van der Waals surface area contributed by atoms with Crippen molar-refractivity contribution in [2.24, 2.45) is 46.3 Å². The maximum Gasteiger partial charge on any atom is 0.338 e. The summed E-state index contributed by atoms with van der Waals surface area (Å²) in [5.74, 6) is -1.08. The van der Waals surface area contributed by atoms with Crippen molar-refractivity contribution in [2.45, 2.75) is 85.2 Å². The van der Waals surface area contributed by atoms with Crippen LogP contribution in [0.1, 0.15) is 77.1 Å². The highest BCUT2D eigenvalue weighted by Crippen LogP contribution is 2.64. The van der Waals surface area contributed by atoms with E-state index in [1.165, 1.54) is 24.3 Å². The van der Waals surface area contributed by atoms with Crippen molar-refractivity contribution in [3.8, 4) is 0 Å². The molecule has 0 radical (unpaired) electrons. The van der Waals surface area contributed by atoms with Gasteiger partial charge in [-0.25, -0.2) is 4.79 Å². The van der Waals surface area contributed by atoms with Gasteiger partial charge in [0.25, 0.3) is 5.69 Å². The molecule has 0 aromatic heterocycles. The van der Waals surface area contributed by atoms with Gasteiger partial charge >= 0.3 is 11.9 Å². The van der Waals surface area contributed by atoms with Crippen LogP contribution in [-0.4, -0.2) is 47.1 Å². The number of hydrogen-bond donors (Lipinski definition) is 1. The zero-order valence-electron chi connectivity index (χ0n) is 24.7. The lowest BCUT2D eigenvalue weighted by Gasteiger charge is -2.56. The molecule has 3 aliphatic carbocycles. The number of ether oxygens (including phenoxy) is 3. The van der Waals surface area contributed by atoms with Crippen LogP contribution >= 0.6 is 0 Å². The molecular weight excluding hydrogens is 526 g/mol. The first-order valence-electron chi connectivity index (χ1n) is 15.0. The third-order valence-electron chi connectivity index (χ3n) is 10.4. The minimum Gasteiger partial charge on any atom is -0.458 e. The Labute approximate surface area is 241 Å². The van der Waals surface area contributed by atoms with Gasteiger partial charge in [0, 0.05) is 30.6 Å². The fourth-order valence-corrected chi connectivity index (χ4v) is 8.22. The van der Waals surface area contributed by atoms with Gasteiger partial charge in [-0.2, -0.15) is 0 Å². The van der Waals surface area contributed by atoms with E-state index in [2.05, 4.69) is 34.6 Å². The molecule has 3 fully saturated rings. The van der Waals surface area contributed by atoms with Crippen LogP contribution in [0.25, 0.3) is 0 Å². The molecule has 1 saturated heterocycles. The summed E-state index contributed by atoms with van der Waals surface area (Å²) in [5, 5.41) is 21.6. The molecule has 4 aliphatic rings.